The van der Waals surface area contributed by atoms with E-state index < -0.39 is 0 Å². The van der Waals surface area contributed by atoms with Crippen LogP contribution in [0.5, 0.6) is 0 Å². The SMILES string of the molecule is OCC1(CN2CCN(c3nc4ccccc4s3)CC2)COC1. The lowest BCUT2D eigenvalue weighted by atomic mass is 9.86. The van der Waals surface area contributed by atoms with Gasteiger partial charge in [0.1, 0.15) is 0 Å². The molecule has 1 aromatic heterocycles. The molecular formula is C16H21N3O2S. The van der Waals surface area contributed by atoms with Gasteiger partial charge in [-0.25, -0.2) is 4.98 Å². The van der Waals surface area contributed by atoms with Gasteiger partial charge < -0.3 is 14.7 Å². The Hall–Kier alpha value is -1.21. The van der Waals surface area contributed by atoms with Crippen molar-refractivity contribution in [3.8, 4) is 0 Å². The Labute approximate surface area is 134 Å². The highest BCUT2D eigenvalue weighted by Gasteiger charge is 2.40. The minimum atomic E-state index is -0.0158. The number of hydrogen-bond acceptors (Lipinski definition) is 6. The maximum atomic E-state index is 9.55. The molecule has 1 aromatic carbocycles. The minimum absolute atomic E-state index is 0.0158. The van der Waals surface area contributed by atoms with Gasteiger partial charge in [0, 0.05) is 32.7 Å². The summed E-state index contributed by atoms with van der Waals surface area (Å²) in [4.78, 5) is 9.57. The molecular weight excluding hydrogens is 298 g/mol. The summed E-state index contributed by atoms with van der Waals surface area (Å²) < 4.78 is 6.54. The Balaban J connectivity index is 1.39. The van der Waals surface area contributed by atoms with Crippen molar-refractivity contribution in [1.29, 1.82) is 0 Å². The predicted molar refractivity (Wildman–Crippen MR) is 88.6 cm³/mol. The van der Waals surface area contributed by atoms with E-state index in [-0.39, 0.29) is 12.0 Å². The number of aliphatic hydroxyl groups excluding tert-OH is 1. The number of ether oxygens (including phenoxy) is 1. The standard InChI is InChI=1S/C16H21N3O2S/c20-10-16(11-21-12-16)9-18-5-7-19(8-6-18)15-17-13-3-1-2-4-14(13)22-15/h1-4,20H,5-12H2. The Kier molecular flexibility index (Phi) is 3.78. The van der Waals surface area contributed by atoms with Crippen LogP contribution in [0.3, 0.4) is 0 Å². The molecule has 5 nitrogen and oxygen atoms in total. The fraction of sp³-hybridized carbons (Fsp3) is 0.562. The van der Waals surface area contributed by atoms with E-state index in [1.165, 1.54) is 4.70 Å². The highest BCUT2D eigenvalue weighted by molar-refractivity contribution is 7.22. The second kappa shape index (κ2) is 5.77. The molecule has 0 bridgehead atoms. The van der Waals surface area contributed by atoms with Crippen LogP contribution in [0.25, 0.3) is 10.2 Å². The van der Waals surface area contributed by atoms with Gasteiger partial charge >= 0.3 is 0 Å². The average Bonchev–Trinajstić information content (AvgIpc) is 2.95. The number of aliphatic hydroxyl groups is 1. The first-order valence-electron chi connectivity index (χ1n) is 7.80. The van der Waals surface area contributed by atoms with E-state index in [9.17, 15) is 5.11 Å². The maximum absolute atomic E-state index is 9.55. The first kappa shape index (κ1) is 14.4. The maximum Gasteiger partial charge on any atom is 0.186 e. The van der Waals surface area contributed by atoms with Crippen LogP contribution in [0, 0.1) is 5.41 Å². The second-order valence-electron chi connectivity index (χ2n) is 6.38. The largest absolute Gasteiger partial charge is 0.396 e. The number of nitrogens with zero attached hydrogens (tertiary/aromatic N) is 3. The topological polar surface area (TPSA) is 48.8 Å². The molecule has 6 heteroatoms. The summed E-state index contributed by atoms with van der Waals surface area (Å²) in [6, 6.07) is 8.32. The van der Waals surface area contributed by atoms with E-state index in [2.05, 4.69) is 28.0 Å². The van der Waals surface area contributed by atoms with Crippen molar-refractivity contribution in [1.82, 2.24) is 9.88 Å². The fourth-order valence-electron chi connectivity index (χ4n) is 3.19. The number of piperazine rings is 1. The van der Waals surface area contributed by atoms with Gasteiger partial charge in [0.05, 0.1) is 35.5 Å². The number of fused-ring (bicyclic) bond motifs is 1. The second-order valence-corrected chi connectivity index (χ2v) is 7.39. The summed E-state index contributed by atoms with van der Waals surface area (Å²) in [6.45, 7) is 6.62. The number of aromatic nitrogens is 1. The van der Waals surface area contributed by atoms with E-state index >= 15 is 0 Å². The molecule has 2 aromatic rings. The molecule has 0 radical (unpaired) electrons. The van der Waals surface area contributed by atoms with Gasteiger partial charge in [-0.05, 0) is 12.1 Å². The predicted octanol–water partition coefficient (Wildman–Crippen LogP) is 1.43. The van der Waals surface area contributed by atoms with Crippen LogP contribution >= 0.6 is 11.3 Å². The van der Waals surface area contributed by atoms with E-state index in [1.54, 1.807) is 11.3 Å². The van der Waals surface area contributed by atoms with Crippen molar-refractivity contribution in [2.75, 3.05) is 57.4 Å². The highest BCUT2D eigenvalue weighted by atomic mass is 32.1. The molecule has 2 aliphatic rings. The Morgan fingerprint density at radius 1 is 1.18 bits per heavy atom. The van der Waals surface area contributed by atoms with Crippen LogP contribution in [0.2, 0.25) is 0 Å². The average molecular weight is 319 g/mol. The molecule has 0 saturated carbocycles. The number of benzene rings is 1. The third-order valence-corrected chi connectivity index (χ3v) is 5.73. The van der Waals surface area contributed by atoms with Gasteiger partial charge in [0.25, 0.3) is 0 Å². The number of para-hydroxylation sites is 1. The van der Waals surface area contributed by atoms with Crippen LogP contribution in [0.15, 0.2) is 24.3 Å². The monoisotopic (exact) mass is 319 g/mol. The molecule has 118 valence electrons. The minimum Gasteiger partial charge on any atom is -0.396 e. The first-order chi connectivity index (χ1) is 10.8. The molecule has 0 atom stereocenters. The van der Waals surface area contributed by atoms with E-state index in [0.717, 1.165) is 43.4 Å². The van der Waals surface area contributed by atoms with Gasteiger partial charge in [0.2, 0.25) is 0 Å². The van der Waals surface area contributed by atoms with Crippen LogP contribution in [-0.4, -0.2) is 67.5 Å². The summed E-state index contributed by atoms with van der Waals surface area (Å²) in [6.07, 6.45) is 0. The lowest BCUT2D eigenvalue weighted by molar-refractivity contribution is -0.148. The Bertz CT molecular complexity index is 609. The summed E-state index contributed by atoms with van der Waals surface area (Å²) >= 11 is 1.77. The zero-order chi connectivity index (χ0) is 15.0. The zero-order valence-electron chi connectivity index (χ0n) is 12.6. The lowest BCUT2D eigenvalue weighted by Gasteiger charge is -2.45. The molecule has 2 aliphatic heterocycles. The van der Waals surface area contributed by atoms with Crippen molar-refractivity contribution in [3.63, 3.8) is 0 Å². The van der Waals surface area contributed by atoms with Crippen molar-refractivity contribution in [2.45, 2.75) is 0 Å². The molecule has 0 amide bonds. The Morgan fingerprint density at radius 2 is 1.95 bits per heavy atom. The van der Waals surface area contributed by atoms with Crippen LogP contribution in [0.4, 0.5) is 5.13 Å². The van der Waals surface area contributed by atoms with E-state index in [1.807, 2.05) is 6.07 Å². The van der Waals surface area contributed by atoms with Crippen molar-refractivity contribution in [3.05, 3.63) is 24.3 Å². The van der Waals surface area contributed by atoms with E-state index in [4.69, 9.17) is 9.72 Å². The Morgan fingerprint density at radius 3 is 2.59 bits per heavy atom. The van der Waals surface area contributed by atoms with Gasteiger partial charge in [-0.2, -0.15) is 0 Å². The van der Waals surface area contributed by atoms with Crippen LogP contribution < -0.4 is 4.90 Å². The molecule has 2 saturated heterocycles. The molecule has 0 unspecified atom stereocenters. The lowest BCUT2D eigenvalue weighted by Crippen LogP contribution is -2.57. The van der Waals surface area contributed by atoms with Gasteiger partial charge in [-0.1, -0.05) is 23.5 Å². The summed E-state index contributed by atoms with van der Waals surface area (Å²) in [7, 11) is 0. The molecule has 2 fully saturated rings. The highest BCUT2D eigenvalue weighted by Crippen LogP contribution is 2.31. The van der Waals surface area contributed by atoms with Gasteiger partial charge in [0.15, 0.2) is 5.13 Å². The molecule has 22 heavy (non-hydrogen) atoms. The quantitative estimate of drug-likeness (QED) is 0.924. The summed E-state index contributed by atoms with van der Waals surface area (Å²) in [5.74, 6) is 0. The van der Waals surface area contributed by atoms with Crippen LogP contribution in [0.1, 0.15) is 0 Å². The number of hydrogen-bond donors (Lipinski definition) is 1. The van der Waals surface area contributed by atoms with Crippen LogP contribution in [-0.2, 0) is 4.74 Å². The van der Waals surface area contributed by atoms with E-state index in [0.29, 0.717) is 13.2 Å². The molecule has 0 aliphatic carbocycles. The normalized spacial score (nSPS) is 22.0. The van der Waals surface area contributed by atoms with Crippen molar-refractivity contribution in [2.24, 2.45) is 5.41 Å². The van der Waals surface area contributed by atoms with Gasteiger partial charge in [-0.3, -0.25) is 4.90 Å². The molecule has 1 N–H and O–H groups in total. The smallest absolute Gasteiger partial charge is 0.186 e. The summed E-state index contributed by atoms with van der Waals surface area (Å²) in [5, 5.41) is 10.7. The fourth-order valence-corrected chi connectivity index (χ4v) is 4.21. The van der Waals surface area contributed by atoms with Gasteiger partial charge in [-0.15, -0.1) is 0 Å². The van der Waals surface area contributed by atoms with Crippen molar-refractivity contribution >= 4 is 26.7 Å². The van der Waals surface area contributed by atoms with Crippen molar-refractivity contribution < 1.29 is 9.84 Å². The molecule has 4 rings (SSSR count). The first-order valence-corrected chi connectivity index (χ1v) is 8.61. The third kappa shape index (κ3) is 2.60. The molecule has 0 spiro atoms. The zero-order valence-corrected chi connectivity index (χ0v) is 13.4. The molecule has 3 heterocycles. The number of rotatable bonds is 4. The number of thiazole rings is 1. The number of anilines is 1. The summed E-state index contributed by atoms with van der Waals surface area (Å²) in [5.41, 5.74) is 1.08. The third-order valence-electron chi connectivity index (χ3n) is 4.64.